The van der Waals surface area contributed by atoms with Crippen molar-refractivity contribution in [1.82, 2.24) is 15.5 Å². The molecule has 0 saturated carbocycles. The van der Waals surface area contributed by atoms with Gasteiger partial charge in [0.1, 0.15) is 0 Å². The van der Waals surface area contributed by atoms with Crippen LogP contribution in [-0.2, 0) is 17.6 Å². The molecule has 16 heavy (non-hydrogen) atoms. The molecule has 1 rings (SSSR count). The minimum absolute atomic E-state index is 0.417. The van der Waals surface area contributed by atoms with E-state index in [1.807, 2.05) is 7.05 Å². The van der Waals surface area contributed by atoms with Gasteiger partial charge in [-0.2, -0.15) is 4.98 Å². The molecule has 0 bridgehead atoms. The molecule has 1 aromatic rings. The highest BCUT2D eigenvalue weighted by Gasteiger charge is 2.12. The summed E-state index contributed by atoms with van der Waals surface area (Å²) in [5.74, 6) is 1.43. The second-order valence-electron chi connectivity index (χ2n) is 3.83. The average molecular weight is 227 g/mol. The summed E-state index contributed by atoms with van der Waals surface area (Å²) in [7, 11) is 3.63. The fraction of sp³-hybridized carbons (Fsp3) is 0.818. The van der Waals surface area contributed by atoms with E-state index in [0.717, 1.165) is 25.1 Å². The topological polar surface area (TPSA) is 60.2 Å². The molecule has 0 aliphatic carbocycles. The fourth-order valence-electron chi connectivity index (χ4n) is 1.58. The second kappa shape index (κ2) is 7.35. The zero-order chi connectivity index (χ0) is 11.8. The van der Waals surface area contributed by atoms with E-state index < -0.39 is 0 Å². The summed E-state index contributed by atoms with van der Waals surface area (Å²) in [4.78, 5) is 4.32. The first-order valence-electron chi connectivity index (χ1n) is 5.77. The second-order valence-corrected chi connectivity index (χ2v) is 3.83. The highest BCUT2D eigenvalue weighted by Crippen LogP contribution is 2.06. The molecule has 0 fully saturated rings. The minimum Gasteiger partial charge on any atom is -0.384 e. The average Bonchev–Trinajstić information content (AvgIpc) is 2.73. The monoisotopic (exact) mass is 227 g/mol. The summed E-state index contributed by atoms with van der Waals surface area (Å²) in [6, 6.07) is 0.417. The van der Waals surface area contributed by atoms with E-state index in [2.05, 4.69) is 22.4 Å². The van der Waals surface area contributed by atoms with Gasteiger partial charge in [0.15, 0.2) is 5.82 Å². The molecular weight excluding hydrogens is 206 g/mol. The van der Waals surface area contributed by atoms with Gasteiger partial charge in [0.25, 0.3) is 0 Å². The Hall–Kier alpha value is -0.940. The molecule has 0 spiro atoms. The Morgan fingerprint density at radius 1 is 1.50 bits per heavy atom. The third-order valence-corrected chi connectivity index (χ3v) is 2.51. The van der Waals surface area contributed by atoms with Crippen LogP contribution in [0.4, 0.5) is 0 Å². The largest absolute Gasteiger partial charge is 0.384 e. The predicted molar refractivity (Wildman–Crippen MR) is 61.3 cm³/mol. The third kappa shape index (κ3) is 4.28. The van der Waals surface area contributed by atoms with Crippen molar-refractivity contribution >= 4 is 0 Å². The Balaban J connectivity index is 2.43. The number of methoxy groups -OCH3 is 1. The Morgan fingerprint density at radius 2 is 2.31 bits per heavy atom. The number of hydrogen-bond acceptors (Lipinski definition) is 5. The van der Waals surface area contributed by atoms with E-state index in [0.29, 0.717) is 25.0 Å². The van der Waals surface area contributed by atoms with Crippen LogP contribution in [0.2, 0.25) is 0 Å². The van der Waals surface area contributed by atoms with Crippen LogP contribution in [0.3, 0.4) is 0 Å². The highest BCUT2D eigenvalue weighted by atomic mass is 16.5. The minimum atomic E-state index is 0.417. The molecule has 1 heterocycles. The molecule has 1 N–H and O–H groups in total. The van der Waals surface area contributed by atoms with E-state index >= 15 is 0 Å². The standard InChI is InChI=1S/C11H21N3O2/c1-4-5-9(12-2)8-11-13-10(14-16-11)6-7-15-3/h9,12H,4-8H2,1-3H3. The van der Waals surface area contributed by atoms with Crippen molar-refractivity contribution in [2.45, 2.75) is 38.6 Å². The smallest absolute Gasteiger partial charge is 0.228 e. The van der Waals surface area contributed by atoms with Crippen LogP contribution in [0.1, 0.15) is 31.5 Å². The lowest BCUT2D eigenvalue weighted by atomic mass is 10.1. The summed E-state index contributed by atoms with van der Waals surface area (Å²) in [6.07, 6.45) is 3.77. The molecule has 1 aromatic heterocycles. The lowest BCUT2D eigenvalue weighted by molar-refractivity contribution is 0.199. The van der Waals surface area contributed by atoms with Crippen molar-refractivity contribution in [2.24, 2.45) is 0 Å². The lowest BCUT2D eigenvalue weighted by Crippen LogP contribution is -2.27. The van der Waals surface area contributed by atoms with Crippen LogP contribution in [0.5, 0.6) is 0 Å². The van der Waals surface area contributed by atoms with Crippen LogP contribution in [-0.4, -0.2) is 36.9 Å². The maximum absolute atomic E-state index is 5.18. The van der Waals surface area contributed by atoms with Gasteiger partial charge in [-0.15, -0.1) is 0 Å². The lowest BCUT2D eigenvalue weighted by Gasteiger charge is -2.11. The van der Waals surface area contributed by atoms with Gasteiger partial charge in [0.05, 0.1) is 6.61 Å². The van der Waals surface area contributed by atoms with Crippen LogP contribution < -0.4 is 5.32 Å². The van der Waals surface area contributed by atoms with Crippen LogP contribution in [0.15, 0.2) is 4.52 Å². The number of likely N-dealkylation sites (N-methyl/N-ethyl adjacent to an activating group) is 1. The van der Waals surface area contributed by atoms with Crippen LogP contribution >= 0.6 is 0 Å². The van der Waals surface area contributed by atoms with Crippen LogP contribution in [0.25, 0.3) is 0 Å². The van der Waals surface area contributed by atoms with E-state index in [-0.39, 0.29) is 0 Å². The number of ether oxygens (including phenoxy) is 1. The molecule has 5 nitrogen and oxygen atoms in total. The van der Waals surface area contributed by atoms with Gasteiger partial charge in [0.2, 0.25) is 5.89 Å². The number of rotatable bonds is 8. The van der Waals surface area contributed by atoms with Gasteiger partial charge in [-0.1, -0.05) is 18.5 Å². The van der Waals surface area contributed by atoms with E-state index in [4.69, 9.17) is 9.26 Å². The van der Waals surface area contributed by atoms with E-state index in [9.17, 15) is 0 Å². The maximum atomic E-state index is 5.18. The summed E-state index contributed by atoms with van der Waals surface area (Å²) in [6.45, 7) is 2.80. The third-order valence-electron chi connectivity index (χ3n) is 2.51. The molecular formula is C11H21N3O2. The van der Waals surface area contributed by atoms with Crippen molar-refractivity contribution in [3.05, 3.63) is 11.7 Å². The Bertz CT molecular complexity index is 289. The Morgan fingerprint density at radius 3 is 2.94 bits per heavy atom. The molecule has 1 unspecified atom stereocenters. The molecule has 0 aromatic carbocycles. The molecule has 0 radical (unpaired) electrons. The van der Waals surface area contributed by atoms with Crippen molar-refractivity contribution < 1.29 is 9.26 Å². The summed E-state index contributed by atoms with van der Waals surface area (Å²) >= 11 is 0. The number of hydrogen-bond donors (Lipinski definition) is 1. The first-order chi connectivity index (χ1) is 7.80. The molecule has 0 saturated heterocycles. The molecule has 5 heteroatoms. The van der Waals surface area contributed by atoms with E-state index in [1.165, 1.54) is 0 Å². The molecule has 0 aliphatic heterocycles. The van der Waals surface area contributed by atoms with Gasteiger partial charge in [-0.3, -0.25) is 0 Å². The van der Waals surface area contributed by atoms with Gasteiger partial charge in [-0.25, -0.2) is 0 Å². The van der Waals surface area contributed by atoms with E-state index in [1.54, 1.807) is 7.11 Å². The fourth-order valence-corrected chi connectivity index (χ4v) is 1.58. The van der Waals surface area contributed by atoms with Crippen molar-refractivity contribution in [2.75, 3.05) is 20.8 Å². The number of aromatic nitrogens is 2. The summed E-state index contributed by atoms with van der Waals surface area (Å²) < 4.78 is 10.1. The van der Waals surface area contributed by atoms with Crippen molar-refractivity contribution in [3.63, 3.8) is 0 Å². The van der Waals surface area contributed by atoms with Crippen LogP contribution in [0, 0.1) is 0 Å². The van der Waals surface area contributed by atoms with Gasteiger partial charge in [0, 0.05) is 26.0 Å². The first-order valence-corrected chi connectivity index (χ1v) is 5.77. The first kappa shape index (κ1) is 13.1. The Labute approximate surface area is 96.6 Å². The zero-order valence-electron chi connectivity index (χ0n) is 10.3. The van der Waals surface area contributed by atoms with Gasteiger partial charge < -0.3 is 14.6 Å². The summed E-state index contributed by atoms with van der Waals surface area (Å²) in [5, 5.41) is 7.16. The quantitative estimate of drug-likeness (QED) is 0.723. The maximum Gasteiger partial charge on any atom is 0.228 e. The molecule has 1 atom stereocenters. The zero-order valence-corrected chi connectivity index (χ0v) is 10.3. The highest BCUT2D eigenvalue weighted by molar-refractivity contribution is 4.89. The van der Waals surface area contributed by atoms with Crippen molar-refractivity contribution in [3.8, 4) is 0 Å². The molecule has 0 aliphatic rings. The Kier molecular flexibility index (Phi) is 6.03. The normalized spacial score (nSPS) is 12.9. The molecule has 0 amide bonds. The predicted octanol–water partition coefficient (Wildman–Crippen LogP) is 1.19. The SMILES string of the molecule is CCCC(Cc1nc(CCOC)no1)NC. The number of nitrogens with zero attached hydrogens (tertiary/aromatic N) is 2. The van der Waals surface area contributed by atoms with Gasteiger partial charge in [-0.05, 0) is 13.5 Å². The summed E-state index contributed by atoms with van der Waals surface area (Å²) in [5.41, 5.74) is 0. The number of nitrogens with one attached hydrogen (secondary N) is 1. The van der Waals surface area contributed by atoms with Crippen molar-refractivity contribution in [1.29, 1.82) is 0 Å². The molecule has 92 valence electrons. The van der Waals surface area contributed by atoms with Gasteiger partial charge >= 0.3 is 0 Å².